The maximum atomic E-state index is 10.9. The molecule has 19 heavy (non-hydrogen) atoms. The van der Waals surface area contributed by atoms with Crippen LogP contribution in [0, 0.1) is 6.92 Å². The van der Waals surface area contributed by atoms with E-state index < -0.39 is 5.97 Å². The number of halogens is 2. The SMILES string of the molecule is Cc1sc(C(=O)O)cc1COc1c(Cl)cccc1Cl. The Morgan fingerprint density at radius 3 is 2.53 bits per heavy atom. The molecule has 1 N–H and O–H groups in total. The highest BCUT2D eigenvalue weighted by molar-refractivity contribution is 7.14. The number of aromatic carboxylic acids is 1. The summed E-state index contributed by atoms with van der Waals surface area (Å²) in [6.45, 7) is 2.09. The van der Waals surface area contributed by atoms with Crippen molar-refractivity contribution in [1.29, 1.82) is 0 Å². The van der Waals surface area contributed by atoms with E-state index >= 15 is 0 Å². The Bertz CT molecular complexity index is 602. The number of carboxylic acid groups (broad SMARTS) is 1. The summed E-state index contributed by atoms with van der Waals surface area (Å²) in [4.78, 5) is 12.1. The molecule has 100 valence electrons. The fraction of sp³-hybridized carbons (Fsp3) is 0.154. The molecular weight excluding hydrogens is 307 g/mol. The first kappa shape index (κ1) is 14.2. The van der Waals surface area contributed by atoms with Crippen LogP contribution in [0.15, 0.2) is 24.3 Å². The van der Waals surface area contributed by atoms with Crippen molar-refractivity contribution < 1.29 is 14.6 Å². The van der Waals surface area contributed by atoms with Crippen LogP contribution in [0.4, 0.5) is 0 Å². The first-order valence-electron chi connectivity index (χ1n) is 5.38. The molecule has 0 saturated heterocycles. The highest BCUT2D eigenvalue weighted by Gasteiger charge is 2.13. The molecule has 0 aliphatic carbocycles. The quantitative estimate of drug-likeness (QED) is 0.893. The molecule has 0 radical (unpaired) electrons. The Hall–Kier alpha value is -1.23. The van der Waals surface area contributed by atoms with Crippen LogP contribution >= 0.6 is 34.5 Å². The predicted molar refractivity (Wildman–Crippen MR) is 76.8 cm³/mol. The molecule has 0 saturated carbocycles. The second-order valence-electron chi connectivity index (χ2n) is 3.84. The van der Waals surface area contributed by atoms with E-state index in [9.17, 15) is 4.79 Å². The largest absolute Gasteiger partial charge is 0.486 e. The molecule has 1 aromatic heterocycles. The van der Waals surface area contributed by atoms with Gasteiger partial charge >= 0.3 is 5.97 Å². The normalized spacial score (nSPS) is 10.5. The Balaban J connectivity index is 2.17. The first-order chi connectivity index (χ1) is 8.99. The van der Waals surface area contributed by atoms with Crippen LogP contribution in [-0.2, 0) is 6.61 Å². The van der Waals surface area contributed by atoms with Crippen molar-refractivity contribution in [1.82, 2.24) is 0 Å². The maximum Gasteiger partial charge on any atom is 0.345 e. The van der Waals surface area contributed by atoms with E-state index in [0.29, 0.717) is 20.7 Å². The lowest BCUT2D eigenvalue weighted by Gasteiger charge is -2.09. The second kappa shape index (κ2) is 5.82. The van der Waals surface area contributed by atoms with Crippen molar-refractivity contribution >= 4 is 40.5 Å². The molecule has 2 aromatic rings. The number of para-hydroxylation sites is 1. The number of aryl methyl sites for hydroxylation is 1. The number of carbonyl (C=O) groups is 1. The van der Waals surface area contributed by atoms with Crippen LogP contribution in [-0.4, -0.2) is 11.1 Å². The molecule has 0 bridgehead atoms. The van der Waals surface area contributed by atoms with Gasteiger partial charge in [-0.25, -0.2) is 4.79 Å². The van der Waals surface area contributed by atoms with Crippen molar-refractivity contribution in [3.8, 4) is 5.75 Å². The van der Waals surface area contributed by atoms with Gasteiger partial charge in [-0.05, 0) is 25.1 Å². The Morgan fingerprint density at radius 1 is 1.37 bits per heavy atom. The summed E-state index contributed by atoms with van der Waals surface area (Å²) in [5, 5.41) is 9.78. The average Bonchev–Trinajstić information content (AvgIpc) is 2.70. The van der Waals surface area contributed by atoms with E-state index in [0.717, 1.165) is 10.4 Å². The molecule has 0 atom stereocenters. The third-order valence-corrected chi connectivity index (χ3v) is 4.20. The molecule has 0 spiro atoms. The van der Waals surface area contributed by atoms with E-state index in [4.69, 9.17) is 33.0 Å². The topological polar surface area (TPSA) is 46.5 Å². The second-order valence-corrected chi connectivity index (χ2v) is 5.91. The van der Waals surface area contributed by atoms with E-state index in [-0.39, 0.29) is 6.61 Å². The highest BCUT2D eigenvalue weighted by Crippen LogP contribution is 2.33. The molecule has 2 rings (SSSR count). The number of hydrogen-bond donors (Lipinski definition) is 1. The fourth-order valence-electron chi connectivity index (χ4n) is 1.54. The molecule has 0 amide bonds. The summed E-state index contributed by atoms with van der Waals surface area (Å²) in [6.07, 6.45) is 0. The summed E-state index contributed by atoms with van der Waals surface area (Å²) in [5.74, 6) is -0.525. The lowest BCUT2D eigenvalue weighted by molar-refractivity contribution is 0.0702. The molecule has 3 nitrogen and oxygen atoms in total. The van der Waals surface area contributed by atoms with Gasteiger partial charge in [0.25, 0.3) is 0 Å². The van der Waals surface area contributed by atoms with Crippen LogP contribution in [0.1, 0.15) is 20.1 Å². The van der Waals surface area contributed by atoms with Gasteiger partial charge in [-0.1, -0.05) is 29.3 Å². The van der Waals surface area contributed by atoms with Crippen LogP contribution in [0.5, 0.6) is 5.75 Å². The Morgan fingerprint density at radius 2 is 2.00 bits per heavy atom. The monoisotopic (exact) mass is 316 g/mol. The lowest BCUT2D eigenvalue weighted by Crippen LogP contribution is -1.97. The summed E-state index contributed by atoms with van der Waals surface area (Å²) in [7, 11) is 0. The molecule has 0 aliphatic rings. The summed E-state index contributed by atoms with van der Waals surface area (Å²) < 4.78 is 5.58. The minimum Gasteiger partial charge on any atom is -0.486 e. The average molecular weight is 317 g/mol. The van der Waals surface area contributed by atoms with Crippen molar-refractivity contribution in [2.24, 2.45) is 0 Å². The summed E-state index contributed by atoms with van der Waals surface area (Å²) in [5.41, 5.74) is 0.818. The highest BCUT2D eigenvalue weighted by atomic mass is 35.5. The molecule has 0 aliphatic heterocycles. The van der Waals surface area contributed by atoms with Crippen molar-refractivity contribution in [3.63, 3.8) is 0 Å². The molecular formula is C13H10Cl2O3S. The summed E-state index contributed by atoms with van der Waals surface area (Å²) >= 11 is 13.2. The van der Waals surface area contributed by atoms with Crippen LogP contribution < -0.4 is 4.74 Å². The zero-order chi connectivity index (χ0) is 14.0. The number of ether oxygens (including phenoxy) is 1. The number of carboxylic acids is 1. The first-order valence-corrected chi connectivity index (χ1v) is 6.95. The lowest BCUT2D eigenvalue weighted by atomic mass is 10.2. The zero-order valence-corrected chi connectivity index (χ0v) is 12.3. The van der Waals surface area contributed by atoms with E-state index in [2.05, 4.69) is 0 Å². The minimum atomic E-state index is -0.935. The molecule has 1 heterocycles. The Kier molecular flexibility index (Phi) is 4.34. The summed E-state index contributed by atoms with van der Waals surface area (Å²) in [6, 6.07) is 6.71. The molecule has 0 fully saturated rings. The van der Waals surface area contributed by atoms with Crippen LogP contribution in [0.25, 0.3) is 0 Å². The van der Waals surface area contributed by atoms with Gasteiger partial charge in [-0.2, -0.15) is 0 Å². The van der Waals surface area contributed by atoms with Gasteiger partial charge in [-0.15, -0.1) is 11.3 Å². The number of benzene rings is 1. The minimum absolute atomic E-state index is 0.235. The fourth-order valence-corrected chi connectivity index (χ4v) is 2.91. The van der Waals surface area contributed by atoms with E-state index in [1.54, 1.807) is 24.3 Å². The zero-order valence-electron chi connectivity index (χ0n) is 9.94. The van der Waals surface area contributed by atoms with Crippen molar-refractivity contribution in [2.75, 3.05) is 0 Å². The van der Waals surface area contributed by atoms with Crippen LogP contribution in [0.2, 0.25) is 10.0 Å². The van der Waals surface area contributed by atoms with Gasteiger partial charge in [0, 0.05) is 10.4 Å². The third kappa shape index (κ3) is 3.21. The molecule has 6 heteroatoms. The maximum absolute atomic E-state index is 10.9. The Labute approximate surface area is 124 Å². The van der Waals surface area contributed by atoms with E-state index in [1.165, 1.54) is 11.3 Å². The van der Waals surface area contributed by atoms with Gasteiger partial charge < -0.3 is 9.84 Å². The van der Waals surface area contributed by atoms with Gasteiger partial charge in [0.05, 0.1) is 10.0 Å². The van der Waals surface area contributed by atoms with Crippen molar-refractivity contribution in [2.45, 2.75) is 13.5 Å². The van der Waals surface area contributed by atoms with E-state index in [1.807, 2.05) is 6.92 Å². The number of hydrogen-bond acceptors (Lipinski definition) is 3. The smallest absolute Gasteiger partial charge is 0.345 e. The van der Waals surface area contributed by atoms with Gasteiger partial charge in [0.15, 0.2) is 5.75 Å². The van der Waals surface area contributed by atoms with Crippen molar-refractivity contribution in [3.05, 3.63) is 49.6 Å². The third-order valence-electron chi connectivity index (χ3n) is 2.52. The predicted octanol–water partition coefficient (Wildman–Crippen LogP) is 4.64. The van der Waals surface area contributed by atoms with Crippen LogP contribution in [0.3, 0.4) is 0 Å². The molecule has 1 aromatic carbocycles. The molecule has 0 unspecified atom stereocenters. The number of rotatable bonds is 4. The number of thiophene rings is 1. The van der Waals surface area contributed by atoms with Gasteiger partial charge in [-0.3, -0.25) is 0 Å². The van der Waals surface area contributed by atoms with Gasteiger partial charge in [0.1, 0.15) is 11.5 Å². The van der Waals surface area contributed by atoms with Gasteiger partial charge in [0.2, 0.25) is 0 Å². The standard InChI is InChI=1S/C13H10Cl2O3S/c1-7-8(5-11(19-7)13(16)17)6-18-12-9(14)3-2-4-10(12)15/h2-5H,6H2,1H3,(H,16,17).